The maximum absolute atomic E-state index is 14.3. The second kappa shape index (κ2) is 3.42. The molecule has 0 aliphatic carbocycles. The number of nitrogens with zero attached hydrogens (tertiary/aromatic N) is 2. The normalized spacial score (nSPS) is 18.1. The van der Waals surface area contributed by atoms with E-state index in [1.54, 1.807) is 16.9 Å². The first-order chi connectivity index (χ1) is 7.80. The van der Waals surface area contributed by atoms with E-state index in [0.29, 0.717) is 18.8 Å². The summed E-state index contributed by atoms with van der Waals surface area (Å²) >= 11 is 0. The summed E-state index contributed by atoms with van der Waals surface area (Å²) in [7, 11) is 0. The van der Waals surface area contributed by atoms with E-state index in [2.05, 4.69) is 10.4 Å². The average Bonchev–Trinajstić information content (AvgIpc) is 2.76. The predicted octanol–water partition coefficient (Wildman–Crippen LogP) is 1.64. The van der Waals surface area contributed by atoms with Gasteiger partial charge in [0.2, 0.25) is 0 Å². The van der Waals surface area contributed by atoms with Crippen molar-refractivity contribution in [3.05, 3.63) is 48.3 Å². The van der Waals surface area contributed by atoms with E-state index in [1.165, 1.54) is 0 Å². The zero-order chi connectivity index (χ0) is 11.0. The standard InChI is InChI=1S/C12H12FN3/c13-12(8-14-9-12)11-6-7-15-16(11)10-4-2-1-3-5-10/h1-7,14H,8-9H2. The van der Waals surface area contributed by atoms with Gasteiger partial charge >= 0.3 is 0 Å². The van der Waals surface area contributed by atoms with Crippen LogP contribution in [0.4, 0.5) is 4.39 Å². The third kappa shape index (κ3) is 1.34. The van der Waals surface area contributed by atoms with Crippen molar-refractivity contribution >= 4 is 0 Å². The first kappa shape index (κ1) is 9.54. The topological polar surface area (TPSA) is 29.9 Å². The van der Waals surface area contributed by atoms with Crippen molar-refractivity contribution in [1.82, 2.24) is 15.1 Å². The Hall–Kier alpha value is -1.68. The molecular formula is C12H12FN3. The Morgan fingerprint density at radius 3 is 2.56 bits per heavy atom. The van der Waals surface area contributed by atoms with Crippen molar-refractivity contribution in [1.29, 1.82) is 0 Å². The zero-order valence-electron chi connectivity index (χ0n) is 8.73. The van der Waals surface area contributed by atoms with Crippen LogP contribution in [0.25, 0.3) is 5.69 Å². The van der Waals surface area contributed by atoms with E-state index in [0.717, 1.165) is 5.69 Å². The Bertz CT molecular complexity index is 488. The number of rotatable bonds is 2. The predicted molar refractivity (Wildman–Crippen MR) is 59.2 cm³/mol. The lowest BCUT2D eigenvalue weighted by Gasteiger charge is -2.35. The minimum absolute atomic E-state index is 0.367. The summed E-state index contributed by atoms with van der Waals surface area (Å²) in [6.07, 6.45) is 1.64. The molecule has 3 nitrogen and oxygen atoms in total. The lowest BCUT2D eigenvalue weighted by atomic mass is 9.95. The second-order valence-corrected chi connectivity index (χ2v) is 4.03. The minimum Gasteiger partial charge on any atom is -0.309 e. The quantitative estimate of drug-likeness (QED) is 0.828. The van der Waals surface area contributed by atoms with Gasteiger partial charge in [0.25, 0.3) is 0 Å². The van der Waals surface area contributed by atoms with Crippen LogP contribution >= 0.6 is 0 Å². The first-order valence-electron chi connectivity index (χ1n) is 5.29. The Balaban J connectivity index is 2.06. The van der Waals surface area contributed by atoms with Gasteiger partial charge in [-0.3, -0.25) is 0 Å². The molecule has 2 heterocycles. The van der Waals surface area contributed by atoms with E-state index in [4.69, 9.17) is 0 Å². The van der Waals surface area contributed by atoms with Gasteiger partial charge in [0.1, 0.15) is 0 Å². The summed E-state index contributed by atoms with van der Waals surface area (Å²) in [5.74, 6) is 0. The van der Waals surface area contributed by atoms with Gasteiger partial charge in [-0.15, -0.1) is 0 Å². The molecule has 1 aromatic carbocycles. The van der Waals surface area contributed by atoms with Gasteiger partial charge in [-0.2, -0.15) is 5.10 Å². The van der Waals surface area contributed by atoms with Crippen molar-refractivity contribution in [2.24, 2.45) is 0 Å². The molecule has 0 bridgehead atoms. The summed E-state index contributed by atoms with van der Waals surface area (Å²) < 4.78 is 16.0. The third-order valence-corrected chi connectivity index (χ3v) is 2.91. The van der Waals surface area contributed by atoms with Crippen molar-refractivity contribution in [2.75, 3.05) is 13.1 Å². The monoisotopic (exact) mass is 217 g/mol. The lowest BCUT2D eigenvalue weighted by molar-refractivity contribution is 0.0811. The van der Waals surface area contributed by atoms with E-state index in [1.807, 2.05) is 30.3 Å². The van der Waals surface area contributed by atoms with Gasteiger partial charge in [0, 0.05) is 19.3 Å². The van der Waals surface area contributed by atoms with Crippen LogP contribution in [-0.4, -0.2) is 22.9 Å². The number of aromatic nitrogens is 2. The second-order valence-electron chi connectivity index (χ2n) is 4.03. The molecule has 1 aromatic heterocycles. The Kier molecular flexibility index (Phi) is 2.04. The molecule has 1 N–H and O–H groups in total. The van der Waals surface area contributed by atoms with Crippen molar-refractivity contribution in [3.63, 3.8) is 0 Å². The van der Waals surface area contributed by atoms with Crippen LogP contribution < -0.4 is 5.32 Å². The Labute approximate surface area is 92.9 Å². The number of alkyl halides is 1. The van der Waals surface area contributed by atoms with Crippen LogP contribution in [0.1, 0.15) is 5.69 Å². The smallest absolute Gasteiger partial charge is 0.177 e. The largest absolute Gasteiger partial charge is 0.309 e. The van der Waals surface area contributed by atoms with Gasteiger partial charge in [-0.05, 0) is 18.2 Å². The Morgan fingerprint density at radius 1 is 1.19 bits per heavy atom. The molecule has 2 aromatic rings. The van der Waals surface area contributed by atoms with Crippen LogP contribution in [0, 0.1) is 0 Å². The van der Waals surface area contributed by atoms with E-state index < -0.39 is 5.67 Å². The van der Waals surface area contributed by atoms with Crippen molar-refractivity contribution < 1.29 is 4.39 Å². The van der Waals surface area contributed by atoms with Crippen LogP contribution in [0.2, 0.25) is 0 Å². The molecule has 1 fully saturated rings. The third-order valence-electron chi connectivity index (χ3n) is 2.91. The highest BCUT2D eigenvalue weighted by Gasteiger charge is 2.41. The van der Waals surface area contributed by atoms with Crippen molar-refractivity contribution in [2.45, 2.75) is 5.67 Å². The number of para-hydroxylation sites is 1. The molecule has 82 valence electrons. The fraction of sp³-hybridized carbons (Fsp3) is 0.250. The van der Waals surface area contributed by atoms with Crippen LogP contribution in [0.5, 0.6) is 0 Å². The number of hydrogen-bond donors (Lipinski definition) is 1. The summed E-state index contributed by atoms with van der Waals surface area (Å²) in [6.45, 7) is 0.733. The summed E-state index contributed by atoms with van der Waals surface area (Å²) in [4.78, 5) is 0. The molecule has 0 atom stereocenters. The van der Waals surface area contributed by atoms with Gasteiger partial charge in [0.05, 0.1) is 11.4 Å². The molecule has 0 radical (unpaired) electrons. The number of halogens is 1. The molecule has 16 heavy (non-hydrogen) atoms. The van der Waals surface area contributed by atoms with E-state index in [-0.39, 0.29) is 0 Å². The highest BCUT2D eigenvalue weighted by atomic mass is 19.1. The maximum atomic E-state index is 14.3. The minimum atomic E-state index is -1.27. The Morgan fingerprint density at radius 2 is 1.94 bits per heavy atom. The van der Waals surface area contributed by atoms with Crippen LogP contribution in [0.15, 0.2) is 42.6 Å². The molecule has 4 heteroatoms. The molecular weight excluding hydrogens is 205 g/mol. The molecule has 0 spiro atoms. The number of benzene rings is 1. The van der Waals surface area contributed by atoms with E-state index in [9.17, 15) is 4.39 Å². The fourth-order valence-electron chi connectivity index (χ4n) is 1.94. The number of hydrogen-bond acceptors (Lipinski definition) is 2. The molecule has 0 saturated carbocycles. The van der Waals surface area contributed by atoms with Gasteiger partial charge in [0.15, 0.2) is 5.67 Å². The summed E-state index contributed by atoms with van der Waals surface area (Å²) in [5.41, 5.74) is 0.246. The van der Waals surface area contributed by atoms with Crippen molar-refractivity contribution in [3.8, 4) is 5.69 Å². The van der Waals surface area contributed by atoms with E-state index >= 15 is 0 Å². The molecule has 1 aliphatic heterocycles. The molecule has 1 aliphatic rings. The first-order valence-corrected chi connectivity index (χ1v) is 5.29. The van der Waals surface area contributed by atoms with Gasteiger partial charge in [-0.1, -0.05) is 18.2 Å². The molecule has 1 saturated heterocycles. The summed E-state index contributed by atoms with van der Waals surface area (Å²) in [5, 5.41) is 7.14. The van der Waals surface area contributed by atoms with Crippen LogP contribution in [-0.2, 0) is 5.67 Å². The fourth-order valence-corrected chi connectivity index (χ4v) is 1.94. The lowest BCUT2D eigenvalue weighted by Crippen LogP contribution is -2.54. The average molecular weight is 217 g/mol. The van der Waals surface area contributed by atoms with Gasteiger partial charge in [-0.25, -0.2) is 9.07 Å². The zero-order valence-corrected chi connectivity index (χ0v) is 8.73. The molecule has 3 rings (SSSR count). The maximum Gasteiger partial charge on any atom is 0.177 e. The highest BCUT2D eigenvalue weighted by Crippen LogP contribution is 2.31. The molecule has 0 unspecified atom stereocenters. The number of nitrogens with one attached hydrogen (secondary N) is 1. The van der Waals surface area contributed by atoms with Crippen LogP contribution in [0.3, 0.4) is 0 Å². The highest BCUT2D eigenvalue weighted by molar-refractivity contribution is 5.34. The SMILES string of the molecule is FC1(c2ccnn2-c2ccccc2)CNC1. The van der Waals surface area contributed by atoms with Gasteiger partial charge < -0.3 is 5.32 Å². The summed E-state index contributed by atoms with van der Waals surface area (Å²) in [6, 6.07) is 11.4. The molecule has 0 amide bonds.